The predicted molar refractivity (Wildman–Crippen MR) is 219 cm³/mol. The van der Waals surface area contributed by atoms with Crippen molar-refractivity contribution in [3.63, 3.8) is 0 Å². The van der Waals surface area contributed by atoms with E-state index < -0.39 is 24.3 Å². The van der Waals surface area contributed by atoms with Crippen LogP contribution in [0.4, 0.5) is 8.78 Å². The van der Waals surface area contributed by atoms with Crippen molar-refractivity contribution in [1.29, 1.82) is 0 Å². The molecule has 0 amide bonds. The fourth-order valence-corrected chi connectivity index (χ4v) is 7.00. The Kier molecular flexibility index (Phi) is 13.3. The van der Waals surface area contributed by atoms with Crippen LogP contribution in [0.15, 0.2) is 155 Å². The molecule has 6 aromatic rings. The topological polar surface area (TPSA) is 80.9 Å². The van der Waals surface area contributed by atoms with Gasteiger partial charge in [-0.2, -0.15) is 0 Å². The zero-order valence-electron chi connectivity index (χ0n) is 32.7. The van der Waals surface area contributed by atoms with E-state index in [1.807, 2.05) is 60.7 Å². The van der Waals surface area contributed by atoms with E-state index in [1.165, 1.54) is 62.1 Å². The maximum Gasteiger partial charge on any atom is 0.251 e. The van der Waals surface area contributed by atoms with Gasteiger partial charge in [0, 0.05) is 24.5 Å². The van der Waals surface area contributed by atoms with E-state index in [0.29, 0.717) is 25.0 Å². The molecule has 2 heterocycles. The first kappa shape index (κ1) is 40.4. The summed E-state index contributed by atoms with van der Waals surface area (Å²) in [6.07, 6.45) is 7.40. The van der Waals surface area contributed by atoms with Gasteiger partial charge in [0.1, 0.15) is 35.3 Å². The van der Waals surface area contributed by atoms with E-state index in [9.17, 15) is 18.4 Å². The lowest BCUT2D eigenvalue weighted by Gasteiger charge is -2.30. The van der Waals surface area contributed by atoms with Crippen LogP contribution in [0.25, 0.3) is 0 Å². The molecule has 2 saturated carbocycles. The van der Waals surface area contributed by atoms with Crippen molar-refractivity contribution < 1.29 is 27.7 Å². The molecule has 0 bridgehead atoms. The average Bonchev–Trinajstić information content (AvgIpc) is 4.21. The van der Waals surface area contributed by atoms with Gasteiger partial charge in [-0.25, -0.2) is 8.78 Å². The van der Waals surface area contributed by atoms with Crippen LogP contribution in [0.3, 0.4) is 0 Å². The van der Waals surface area contributed by atoms with Gasteiger partial charge in [0.05, 0.1) is 39.5 Å². The fourth-order valence-electron chi connectivity index (χ4n) is 7.00. The highest BCUT2D eigenvalue weighted by Crippen LogP contribution is 2.40. The van der Waals surface area contributed by atoms with Crippen LogP contribution in [0, 0.1) is 23.5 Å². The lowest BCUT2D eigenvalue weighted by molar-refractivity contribution is 0.0182. The normalized spacial score (nSPS) is 15.7. The number of rotatable bonds is 16. The van der Waals surface area contributed by atoms with Gasteiger partial charge in [-0.15, -0.1) is 0 Å². The lowest BCUT2D eigenvalue weighted by atomic mass is 9.94. The molecule has 0 saturated heterocycles. The smallest absolute Gasteiger partial charge is 0.251 e. The van der Waals surface area contributed by atoms with E-state index >= 15 is 0 Å². The Labute approximate surface area is 337 Å². The minimum Gasteiger partial charge on any atom is -0.497 e. The Morgan fingerprint density at radius 1 is 0.500 bits per heavy atom. The van der Waals surface area contributed by atoms with E-state index in [2.05, 4.69) is 0 Å². The second-order valence-electron chi connectivity index (χ2n) is 14.8. The number of nitrogens with zero attached hydrogens (tertiary/aromatic N) is 2. The number of halogens is 2. The minimum absolute atomic E-state index is 0.129. The number of pyridine rings is 2. The maximum atomic E-state index is 13.6. The van der Waals surface area contributed by atoms with Crippen molar-refractivity contribution >= 4 is 0 Å². The monoisotopic (exact) mass is 786 g/mol. The molecule has 0 radical (unpaired) electrons. The van der Waals surface area contributed by atoms with Gasteiger partial charge < -0.3 is 28.1 Å². The standard InChI is InChI=1S/2C24H24FNO3/c2*1-28-21-13-9-19(10-14-21)24(29-16-17-5-6-17)23(18-7-11-20(25)12-8-18)26-15-3-2-4-22(26)27/h2*2-4,7-15,17,23-24H,5-6,16H2,1H3/t2*23-,24+/m10/s1. The molecule has 2 aliphatic carbocycles. The van der Waals surface area contributed by atoms with Crippen LogP contribution in [0.1, 0.15) is 72.2 Å². The van der Waals surface area contributed by atoms with Crippen LogP contribution >= 0.6 is 0 Å². The molecule has 2 aromatic heterocycles. The maximum absolute atomic E-state index is 13.6. The summed E-state index contributed by atoms with van der Waals surface area (Å²) in [6, 6.07) is 37.2. The molecule has 4 aromatic carbocycles. The van der Waals surface area contributed by atoms with Crippen LogP contribution in [-0.4, -0.2) is 36.6 Å². The fraction of sp³-hybridized carbons (Fsp3) is 0.292. The second kappa shape index (κ2) is 19.1. The molecule has 0 spiro atoms. The number of ether oxygens (including phenoxy) is 4. The lowest BCUT2D eigenvalue weighted by Crippen LogP contribution is -2.30. The van der Waals surface area contributed by atoms with Gasteiger partial charge in [-0.1, -0.05) is 60.7 Å². The number of hydrogen-bond acceptors (Lipinski definition) is 6. The van der Waals surface area contributed by atoms with Gasteiger partial charge >= 0.3 is 0 Å². The van der Waals surface area contributed by atoms with Gasteiger partial charge in [0.15, 0.2) is 0 Å². The Bertz CT molecular complexity index is 2150. The van der Waals surface area contributed by atoms with Crippen LogP contribution in [0.2, 0.25) is 0 Å². The van der Waals surface area contributed by atoms with E-state index in [-0.39, 0.29) is 22.8 Å². The third kappa shape index (κ3) is 10.4. The number of methoxy groups -OCH3 is 2. The van der Waals surface area contributed by atoms with Crippen LogP contribution in [0.5, 0.6) is 11.5 Å². The van der Waals surface area contributed by atoms with Crippen molar-refractivity contribution in [2.45, 2.75) is 50.0 Å². The van der Waals surface area contributed by atoms with Crippen molar-refractivity contribution in [2.75, 3.05) is 27.4 Å². The first-order chi connectivity index (χ1) is 28.3. The average molecular weight is 787 g/mol. The largest absolute Gasteiger partial charge is 0.497 e. The minimum atomic E-state index is -0.420. The van der Waals surface area contributed by atoms with Gasteiger partial charge in [0.2, 0.25) is 0 Å². The number of aromatic nitrogens is 2. The highest BCUT2D eigenvalue weighted by Gasteiger charge is 2.33. The number of hydrogen-bond donors (Lipinski definition) is 0. The number of benzene rings is 4. The van der Waals surface area contributed by atoms with Gasteiger partial charge in [-0.05, 0) is 120 Å². The van der Waals surface area contributed by atoms with Crippen molar-refractivity contribution in [3.8, 4) is 11.5 Å². The highest BCUT2D eigenvalue weighted by atomic mass is 19.1. The summed E-state index contributed by atoms with van der Waals surface area (Å²) in [5.41, 5.74) is 3.26. The summed E-state index contributed by atoms with van der Waals surface area (Å²) < 4.78 is 53.8. The molecule has 2 fully saturated rings. The second-order valence-corrected chi connectivity index (χ2v) is 14.8. The predicted octanol–water partition coefficient (Wildman–Crippen LogP) is 9.51. The zero-order chi connectivity index (χ0) is 40.4. The summed E-state index contributed by atoms with van der Waals surface area (Å²) in [6.45, 7) is 1.27. The molecule has 300 valence electrons. The Balaban J connectivity index is 0.000000177. The van der Waals surface area contributed by atoms with Gasteiger partial charge in [-0.3, -0.25) is 9.59 Å². The van der Waals surface area contributed by atoms with Crippen molar-refractivity contribution in [1.82, 2.24) is 9.13 Å². The Hall–Kier alpha value is -5.84. The van der Waals surface area contributed by atoms with E-state index in [4.69, 9.17) is 18.9 Å². The third-order valence-electron chi connectivity index (χ3n) is 10.6. The van der Waals surface area contributed by atoms with E-state index in [1.54, 1.807) is 72.1 Å². The van der Waals surface area contributed by atoms with Crippen molar-refractivity contribution in [3.05, 3.63) is 200 Å². The van der Waals surface area contributed by atoms with Crippen molar-refractivity contribution in [2.24, 2.45) is 11.8 Å². The van der Waals surface area contributed by atoms with Crippen LogP contribution in [-0.2, 0) is 9.47 Å². The molecule has 58 heavy (non-hydrogen) atoms. The quantitative estimate of drug-likeness (QED) is 0.0973. The van der Waals surface area contributed by atoms with E-state index in [0.717, 1.165) is 33.8 Å². The van der Waals surface area contributed by atoms with Crippen LogP contribution < -0.4 is 20.6 Å². The molecule has 2 aliphatic rings. The zero-order valence-corrected chi connectivity index (χ0v) is 32.7. The first-order valence-electron chi connectivity index (χ1n) is 19.7. The summed E-state index contributed by atoms with van der Waals surface area (Å²) in [4.78, 5) is 25.4. The SMILES string of the molecule is COc1ccc([C@@H](OCC2CC2)[C@H](c2ccc(F)cc2)n2ccccc2=O)cc1.COc1ccc([C@H](OCC2CC2)[C@@H](c2ccc(F)cc2)n2ccccc2=O)cc1. The molecule has 0 unspecified atom stereocenters. The summed E-state index contributed by atoms with van der Waals surface area (Å²) in [7, 11) is 3.25. The molecule has 0 aliphatic heterocycles. The molecule has 8 nitrogen and oxygen atoms in total. The molecule has 10 heteroatoms. The summed E-state index contributed by atoms with van der Waals surface area (Å²) in [5, 5.41) is 0. The molecular weight excluding hydrogens is 739 g/mol. The first-order valence-corrected chi connectivity index (χ1v) is 19.7. The molecule has 0 N–H and O–H groups in total. The highest BCUT2D eigenvalue weighted by molar-refractivity contribution is 5.34. The Morgan fingerprint density at radius 2 is 0.845 bits per heavy atom. The molecular formula is C48H48F2N2O6. The Morgan fingerprint density at radius 3 is 1.16 bits per heavy atom. The summed E-state index contributed by atoms with van der Waals surface area (Å²) >= 11 is 0. The summed E-state index contributed by atoms with van der Waals surface area (Å²) in [5.74, 6) is 2.02. The van der Waals surface area contributed by atoms with Gasteiger partial charge in [0.25, 0.3) is 11.1 Å². The molecule has 4 atom stereocenters. The molecule has 8 rings (SSSR count). The third-order valence-corrected chi connectivity index (χ3v) is 10.6.